The molecule has 0 spiro atoms. The van der Waals surface area contributed by atoms with Gasteiger partial charge >= 0.3 is 0 Å². The minimum Gasteiger partial charge on any atom is -0.498 e. The van der Waals surface area contributed by atoms with Gasteiger partial charge in [0.2, 0.25) is 0 Å². The summed E-state index contributed by atoms with van der Waals surface area (Å²) in [5.41, 5.74) is 2.58. The number of nitrogens with zero attached hydrogens (tertiary/aromatic N) is 1. The van der Waals surface area contributed by atoms with E-state index < -0.39 is 0 Å². The van der Waals surface area contributed by atoms with Crippen LogP contribution < -0.4 is 0 Å². The molecular weight excluding hydrogens is 222 g/mol. The van der Waals surface area contributed by atoms with Crippen LogP contribution in [0, 0.1) is 0 Å². The SMILES string of the molecule is CCN=C/C=C(\C)CCO/C(=C/C=C(C)C)CC. The molecule has 0 saturated heterocycles. The quantitative estimate of drug-likeness (QED) is 0.347. The second-order valence-electron chi connectivity index (χ2n) is 4.49. The van der Waals surface area contributed by atoms with Gasteiger partial charge in [-0.25, -0.2) is 0 Å². The molecular formula is C16H27NO. The smallest absolute Gasteiger partial charge is 0.0957 e. The van der Waals surface area contributed by atoms with Gasteiger partial charge in [-0.15, -0.1) is 0 Å². The number of hydrogen-bond donors (Lipinski definition) is 0. The summed E-state index contributed by atoms with van der Waals surface area (Å²) in [4.78, 5) is 4.16. The molecule has 0 fully saturated rings. The minimum atomic E-state index is 0.735. The zero-order chi connectivity index (χ0) is 13.8. The Hall–Kier alpha value is -1.31. The zero-order valence-electron chi connectivity index (χ0n) is 12.5. The molecule has 0 aliphatic rings. The highest BCUT2D eigenvalue weighted by Crippen LogP contribution is 2.07. The van der Waals surface area contributed by atoms with Crippen LogP contribution in [-0.2, 0) is 4.74 Å². The van der Waals surface area contributed by atoms with Crippen molar-refractivity contribution in [2.45, 2.75) is 47.5 Å². The Kier molecular flexibility index (Phi) is 10.0. The average Bonchev–Trinajstić information content (AvgIpc) is 2.33. The number of rotatable bonds is 8. The topological polar surface area (TPSA) is 21.6 Å². The van der Waals surface area contributed by atoms with E-state index in [4.69, 9.17) is 4.74 Å². The fraction of sp³-hybridized carbons (Fsp3) is 0.562. The first kappa shape index (κ1) is 16.7. The van der Waals surface area contributed by atoms with Crippen LogP contribution in [0.1, 0.15) is 47.5 Å². The van der Waals surface area contributed by atoms with Crippen LogP contribution in [0.3, 0.4) is 0 Å². The van der Waals surface area contributed by atoms with Crippen LogP contribution in [0.4, 0.5) is 0 Å². The Balaban J connectivity index is 4.08. The third-order valence-corrected chi connectivity index (χ3v) is 2.38. The number of ether oxygens (including phenoxy) is 1. The highest BCUT2D eigenvalue weighted by molar-refractivity contribution is 5.71. The Bertz CT molecular complexity index is 331. The van der Waals surface area contributed by atoms with E-state index in [1.165, 1.54) is 11.1 Å². The van der Waals surface area contributed by atoms with Crippen molar-refractivity contribution in [1.82, 2.24) is 0 Å². The summed E-state index contributed by atoms with van der Waals surface area (Å²) in [6.07, 6.45) is 9.96. The molecule has 0 aromatic carbocycles. The van der Waals surface area contributed by atoms with Crippen molar-refractivity contribution in [1.29, 1.82) is 0 Å². The molecule has 0 rings (SSSR count). The Morgan fingerprint density at radius 1 is 1.06 bits per heavy atom. The van der Waals surface area contributed by atoms with Crippen molar-refractivity contribution < 1.29 is 4.74 Å². The van der Waals surface area contributed by atoms with Crippen LogP contribution in [0.2, 0.25) is 0 Å². The van der Waals surface area contributed by atoms with E-state index in [-0.39, 0.29) is 0 Å². The van der Waals surface area contributed by atoms with Gasteiger partial charge in [-0.05, 0) is 39.8 Å². The van der Waals surface area contributed by atoms with E-state index in [1.807, 2.05) is 13.1 Å². The van der Waals surface area contributed by atoms with E-state index >= 15 is 0 Å². The first-order valence-electron chi connectivity index (χ1n) is 6.72. The summed E-state index contributed by atoms with van der Waals surface area (Å²) in [6.45, 7) is 12.0. The molecule has 0 aromatic rings. The average molecular weight is 249 g/mol. The van der Waals surface area contributed by atoms with Gasteiger partial charge in [0, 0.05) is 25.6 Å². The predicted octanol–water partition coefficient (Wildman–Crippen LogP) is 4.69. The van der Waals surface area contributed by atoms with E-state index in [9.17, 15) is 0 Å². The first-order valence-corrected chi connectivity index (χ1v) is 6.72. The molecule has 0 saturated carbocycles. The van der Waals surface area contributed by atoms with Crippen LogP contribution >= 0.6 is 0 Å². The Morgan fingerprint density at radius 3 is 2.33 bits per heavy atom. The second kappa shape index (κ2) is 10.8. The van der Waals surface area contributed by atoms with Crippen molar-refractivity contribution >= 4 is 6.21 Å². The lowest BCUT2D eigenvalue weighted by Gasteiger charge is -2.08. The number of allylic oxidation sites excluding steroid dienone is 5. The highest BCUT2D eigenvalue weighted by Gasteiger charge is 1.95. The van der Waals surface area contributed by atoms with Crippen LogP contribution in [-0.4, -0.2) is 19.4 Å². The van der Waals surface area contributed by atoms with E-state index in [0.29, 0.717) is 0 Å². The maximum absolute atomic E-state index is 5.75. The second-order valence-corrected chi connectivity index (χ2v) is 4.49. The normalized spacial score (nSPS) is 12.9. The van der Waals surface area contributed by atoms with Crippen molar-refractivity contribution in [2.24, 2.45) is 4.99 Å². The molecule has 0 aliphatic carbocycles. The van der Waals surface area contributed by atoms with Crippen LogP contribution in [0.15, 0.2) is 40.1 Å². The van der Waals surface area contributed by atoms with Gasteiger partial charge in [0.25, 0.3) is 0 Å². The third-order valence-electron chi connectivity index (χ3n) is 2.38. The summed E-state index contributed by atoms with van der Waals surface area (Å²) >= 11 is 0. The lowest BCUT2D eigenvalue weighted by molar-refractivity contribution is 0.208. The summed E-state index contributed by atoms with van der Waals surface area (Å²) in [7, 11) is 0. The maximum atomic E-state index is 5.75. The highest BCUT2D eigenvalue weighted by atomic mass is 16.5. The van der Waals surface area contributed by atoms with Crippen LogP contribution in [0.25, 0.3) is 0 Å². The fourth-order valence-electron chi connectivity index (χ4n) is 1.24. The van der Waals surface area contributed by atoms with Crippen molar-refractivity contribution in [3.05, 3.63) is 35.1 Å². The molecule has 0 unspecified atom stereocenters. The largest absolute Gasteiger partial charge is 0.498 e. The molecule has 0 aromatic heterocycles. The molecule has 2 nitrogen and oxygen atoms in total. The first-order chi connectivity index (χ1) is 8.60. The number of hydrogen-bond acceptors (Lipinski definition) is 2. The zero-order valence-corrected chi connectivity index (χ0v) is 12.5. The predicted molar refractivity (Wildman–Crippen MR) is 81.2 cm³/mol. The maximum Gasteiger partial charge on any atom is 0.0957 e. The molecule has 0 radical (unpaired) electrons. The van der Waals surface area contributed by atoms with Gasteiger partial charge in [-0.2, -0.15) is 0 Å². The fourth-order valence-corrected chi connectivity index (χ4v) is 1.24. The van der Waals surface area contributed by atoms with Crippen molar-refractivity contribution in [3.63, 3.8) is 0 Å². The van der Waals surface area contributed by atoms with Gasteiger partial charge in [0.1, 0.15) is 0 Å². The van der Waals surface area contributed by atoms with Gasteiger partial charge < -0.3 is 4.74 Å². The van der Waals surface area contributed by atoms with E-state index in [0.717, 1.165) is 31.8 Å². The monoisotopic (exact) mass is 249 g/mol. The van der Waals surface area contributed by atoms with Crippen molar-refractivity contribution in [3.8, 4) is 0 Å². The van der Waals surface area contributed by atoms with Gasteiger partial charge in [0.15, 0.2) is 0 Å². The summed E-state index contributed by atoms with van der Waals surface area (Å²) in [6, 6.07) is 0. The molecule has 0 amide bonds. The van der Waals surface area contributed by atoms with Crippen molar-refractivity contribution in [2.75, 3.05) is 13.2 Å². The summed E-state index contributed by atoms with van der Waals surface area (Å²) < 4.78 is 5.75. The van der Waals surface area contributed by atoms with Gasteiger partial charge in [-0.1, -0.05) is 24.1 Å². The molecule has 0 atom stereocenters. The molecule has 18 heavy (non-hydrogen) atoms. The molecule has 0 heterocycles. The standard InChI is InChI=1S/C16H27NO/c1-6-16(9-8-14(3)4)18-13-11-15(5)10-12-17-7-2/h8-10,12H,6-7,11,13H2,1-5H3/b15-10+,16-9+,17-12?. The lowest BCUT2D eigenvalue weighted by atomic mass is 10.2. The molecule has 102 valence electrons. The van der Waals surface area contributed by atoms with E-state index in [1.54, 1.807) is 0 Å². The van der Waals surface area contributed by atoms with E-state index in [2.05, 4.69) is 50.9 Å². The third kappa shape index (κ3) is 9.88. The van der Waals surface area contributed by atoms with Crippen LogP contribution in [0.5, 0.6) is 0 Å². The minimum absolute atomic E-state index is 0.735. The molecule has 0 aliphatic heterocycles. The Morgan fingerprint density at radius 2 is 1.78 bits per heavy atom. The van der Waals surface area contributed by atoms with Gasteiger partial charge in [0.05, 0.1) is 12.4 Å². The molecule has 0 bridgehead atoms. The Labute approximate surface area is 112 Å². The number of aliphatic imine (C=N–C) groups is 1. The lowest BCUT2D eigenvalue weighted by Crippen LogP contribution is -1.95. The summed E-state index contributed by atoms with van der Waals surface area (Å²) in [5, 5.41) is 0. The summed E-state index contributed by atoms with van der Waals surface area (Å²) in [5.74, 6) is 1.05. The van der Waals surface area contributed by atoms with Gasteiger partial charge in [-0.3, -0.25) is 4.99 Å². The molecule has 0 N–H and O–H groups in total. The molecule has 2 heteroatoms.